The highest BCUT2D eigenvalue weighted by Crippen LogP contribution is 2.39. The fraction of sp³-hybridized carbons (Fsp3) is 0. The fourth-order valence-corrected chi connectivity index (χ4v) is 5.92. The number of aromatic nitrogens is 2. The van der Waals surface area contributed by atoms with Crippen molar-refractivity contribution in [3.8, 4) is 16.8 Å². The predicted octanol–water partition coefficient (Wildman–Crippen LogP) is 10.4. The van der Waals surface area contributed by atoms with Crippen LogP contribution in [0, 0.1) is 0 Å². The van der Waals surface area contributed by atoms with Crippen LogP contribution in [0.1, 0.15) is 15.1 Å². The van der Waals surface area contributed by atoms with Gasteiger partial charge in [-0.05, 0) is 69.0 Å². The van der Waals surface area contributed by atoms with E-state index in [9.17, 15) is 5.48 Å². The van der Waals surface area contributed by atoms with E-state index in [0.29, 0.717) is 11.0 Å². The molecule has 186 valence electrons. The number of nitrogens with one attached hydrogen (secondary N) is 1. The van der Waals surface area contributed by atoms with Crippen LogP contribution >= 0.6 is 0 Å². The third kappa shape index (κ3) is 2.99. The van der Waals surface area contributed by atoms with Gasteiger partial charge in [-0.3, -0.25) is 0 Å². The second-order valence-corrected chi connectivity index (χ2v) is 9.83. The summed E-state index contributed by atoms with van der Waals surface area (Å²) < 4.78 is 98.2. The standard InChI is InChI=1S/C38H24N2/c1-3-11-28-24(8-1)10-7-14-29(28)26-16-19-27(20-17-26)40-36-15-6-5-13-31(36)32-22-33-35(23-37(32)40)39-34-21-18-25-9-2-4-12-30(25)38(33)34/h1-23,39H/i1D,3D,7D,8D,10D,11D,14D,16D,17D,19D,20D. The summed E-state index contributed by atoms with van der Waals surface area (Å²) in [6.07, 6.45) is 0. The molecule has 2 nitrogen and oxygen atoms in total. The van der Waals surface area contributed by atoms with E-state index >= 15 is 0 Å². The molecular formula is C38H24N2. The highest BCUT2D eigenvalue weighted by molar-refractivity contribution is 6.24. The first kappa shape index (κ1) is 13.6. The zero-order valence-electron chi connectivity index (χ0n) is 31.9. The molecule has 0 saturated carbocycles. The van der Waals surface area contributed by atoms with Gasteiger partial charge in [-0.15, -0.1) is 0 Å². The predicted molar refractivity (Wildman–Crippen MR) is 171 cm³/mol. The Hall–Kier alpha value is -5.34. The third-order valence-corrected chi connectivity index (χ3v) is 7.68. The van der Waals surface area contributed by atoms with Crippen LogP contribution in [0.3, 0.4) is 0 Å². The lowest BCUT2D eigenvalue weighted by Crippen LogP contribution is -1.94. The molecule has 2 heteroatoms. The molecule has 0 atom stereocenters. The number of fused-ring (bicyclic) bond motifs is 9. The maximum atomic E-state index is 9.32. The van der Waals surface area contributed by atoms with Crippen LogP contribution < -0.4 is 0 Å². The van der Waals surface area contributed by atoms with E-state index < -0.39 is 66.5 Å². The minimum absolute atomic E-state index is 0.0400. The van der Waals surface area contributed by atoms with Crippen molar-refractivity contribution < 1.29 is 15.1 Å². The number of benzene rings is 7. The normalized spacial score (nSPS) is 15.8. The summed E-state index contributed by atoms with van der Waals surface area (Å²) in [7, 11) is 0. The van der Waals surface area contributed by atoms with Crippen LogP contribution in [-0.2, 0) is 0 Å². The van der Waals surface area contributed by atoms with Crippen molar-refractivity contribution >= 4 is 65.2 Å². The largest absolute Gasteiger partial charge is 0.354 e. The van der Waals surface area contributed by atoms with Gasteiger partial charge in [0.25, 0.3) is 0 Å². The number of nitrogens with zero attached hydrogens (tertiary/aromatic N) is 1. The summed E-state index contributed by atoms with van der Waals surface area (Å²) in [5.74, 6) is 0. The molecule has 7 aromatic carbocycles. The third-order valence-electron chi connectivity index (χ3n) is 7.68. The summed E-state index contributed by atoms with van der Waals surface area (Å²) in [4.78, 5) is 3.52. The lowest BCUT2D eigenvalue weighted by Gasteiger charge is -2.11. The van der Waals surface area contributed by atoms with Crippen molar-refractivity contribution in [2.75, 3.05) is 0 Å². The van der Waals surface area contributed by atoms with Gasteiger partial charge in [0, 0.05) is 38.3 Å². The van der Waals surface area contributed by atoms with Crippen molar-refractivity contribution in [1.29, 1.82) is 0 Å². The van der Waals surface area contributed by atoms with Crippen molar-refractivity contribution in [3.63, 3.8) is 0 Å². The molecule has 2 aromatic heterocycles. The van der Waals surface area contributed by atoms with Crippen LogP contribution in [0.15, 0.2) is 139 Å². The molecule has 0 saturated heterocycles. The van der Waals surface area contributed by atoms with Crippen LogP contribution in [0.25, 0.3) is 82.0 Å². The summed E-state index contributed by atoms with van der Waals surface area (Å²) in [6, 6.07) is 17.5. The first-order chi connectivity index (χ1) is 24.4. The number of hydrogen-bond acceptors (Lipinski definition) is 0. The Morgan fingerprint density at radius 2 is 1.32 bits per heavy atom. The van der Waals surface area contributed by atoms with Gasteiger partial charge in [-0.1, -0.05) is 103 Å². The van der Waals surface area contributed by atoms with Gasteiger partial charge >= 0.3 is 0 Å². The highest BCUT2D eigenvalue weighted by atomic mass is 15.0. The average Bonchev–Trinajstić information content (AvgIpc) is 3.66. The Labute approximate surface area is 246 Å². The fourth-order valence-electron chi connectivity index (χ4n) is 5.92. The van der Waals surface area contributed by atoms with E-state index in [1.54, 1.807) is 4.57 Å². The molecule has 0 amide bonds. The molecule has 9 rings (SSSR count). The number of H-pyrrole nitrogens is 1. The Morgan fingerprint density at radius 3 is 2.25 bits per heavy atom. The number of aromatic amines is 1. The van der Waals surface area contributed by atoms with Crippen molar-refractivity contribution in [2.24, 2.45) is 0 Å². The number of para-hydroxylation sites is 1. The molecule has 1 N–H and O–H groups in total. The molecule has 40 heavy (non-hydrogen) atoms. The van der Waals surface area contributed by atoms with E-state index in [-0.39, 0.29) is 27.6 Å². The maximum Gasteiger partial charge on any atom is 0.0645 e. The van der Waals surface area contributed by atoms with Gasteiger partial charge in [0.05, 0.1) is 26.1 Å². The number of rotatable bonds is 2. The van der Waals surface area contributed by atoms with Gasteiger partial charge in [-0.2, -0.15) is 0 Å². The van der Waals surface area contributed by atoms with Gasteiger partial charge in [0.15, 0.2) is 0 Å². The lowest BCUT2D eigenvalue weighted by atomic mass is 9.98. The Bertz CT molecular complexity index is 3010. The van der Waals surface area contributed by atoms with E-state index in [1.165, 1.54) is 0 Å². The van der Waals surface area contributed by atoms with Crippen LogP contribution in [0.2, 0.25) is 0 Å². The molecule has 2 heterocycles. The van der Waals surface area contributed by atoms with Crippen LogP contribution in [0.4, 0.5) is 0 Å². The monoisotopic (exact) mass is 519 g/mol. The first-order valence-corrected chi connectivity index (χ1v) is 12.9. The first-order valence-electron chi connectivity index (χ1n) is 18.4. The molecule has 0 fully saturated rings. The summed E-state index contributed by atoms with van der Waals surface area (Å²) in [6.45, 7) is 0. The van der Waals surface area contributed by atoms with Crippen molar-refractivity contribution in [2.45, 2.75) is 0 Å². The van der Waals surface area contributed by atoms with E-state index in [2.05, 4.69) is 29.2 Å². The molecule has 0 aliphatic carbocycles. The molecule has 0 bridgehead atoms. The molecular weight excluding hydrogens is 484 g/mol. The summed E-state index contributed by atoms with van der Waals surface area (Å²) in [5, 5.41) is 5.32. The number of hydrogen-bond donors (Lipinski definition) is 1. The van der Waals surface area contributed by atoms with E-state index in [0.717, 1.165) is 43.4 Å². The molecule has 9 aromatic rings. The molecule has 0 unspecified atom stereocenters. The molecule has 0 aliphatic heterocycles. The molecule has 0 aliphatic rings. The second-order valence-electron chi connectivity index (χ2n) is 9.83. The highest BCUT2D eigenvalue weighted by Gasteiger charge is 2.16. The zero-order valence-corrected chi connectivity index (χ0v) is 20.9. The lowest BCUT2D eigenvalue weighted by molar-refractivity contribution is 1.18. The topological polar surface area (TPSA) is 20.7 Å². The second kappa shape index (κ2) is 8.08. The van der Waals surface area contributed by atoms with Crippen molar-refractivity contribution in [1.82, 2.24) is 9.55 Å². The Kier molecular flexibility index (Phi) is 2.75. The smallest absolute Gasteiger partial charge is 0.0645 e. The Morgan fingerprint density at radius 1 is 0.525 bits per heavy atom. The minimum atomic E-state index is -0.652. The molecule has 0 radical (unpaired) electrons. The summed E-state index contributed by atoms with van der Waals surface area (Å²) >= 11 is 0. The van der Waals surface area contributed by atoms with Crippen molar-refractivity contribution in [3.05, 3.63) is 139 Å². The van der Waals surface area contributed by atoms with Gasteiger partial charge < -0.3 is 9.55 Å². The van der Waals surface area contributed by atoms with Gasteiger partial charge in [0.2, 0.25) is 0 Å². The van der Waals surface area contributed by atoms with Gasteiger partial charge in [-0.25, -0.2) is 0 Å². The SMILES string of the molecule is [2H]c1c([2H])c(-n2c3ccccc3c3cc4c(cc32)[nH]c2ccc3ccccc3c24)c([2H])c([2H])c1-c1c([2H])c([2H])c([2H])c2c([2H])c([2H])c([2H])c([2H])c12. The summed E-state index contributed by atoms with van der Waals surface area (Å²) in [5.41, 5.74) is 2.29. The Balaban J connectivity index is 1.39. The average molecular weight is 520 g/mol. The quantitative estimate of drug-likeness (QED) is 0.234. The van der Waals surface area contributed by atoms with Crippen LogP contribution in [-0.4, -0.2) is 9.55 Å². The van der Waals surface area contributed by atoms with Crippen LogP contribution in [0.5, 0.6) is 0 Å². The van der Waals surface area contributed by atoms with E-state index in [1.807, 2.05) is 48.5 Å². The minimum Gasteiger partial charge on any atom is -0.354 e. The van der Waals surface area contributed by atoms with E-state index in [4.69, 9.17) is 9.60 Å². The maximum absolute atomic E-state index is 9.32. The molecule has 0 spiro atoms. The zero-order chi connectivity index (χ0) is 35.8. The van der Waals surface area contributed by atoms with Gasteiger partial charge in [0.1, 0.15) is 0 Å².